The lowest BCUT2D eigenvalue weighted by Gasteiger charge is -2.08. The van der Waals surface area contributed by atoms with Gasteiger partial charge in [0, 0.05) is 13.2 Å². The molecule has 1 aromatic heterocycles. The molecule has 1 fully saturated rings. The predicted octanol–water partition coefficient (Wildman–Crippen LogP) is 2.47. The van der Waals surface area contributed by atoms with Crippen LogP contribution in [-0.2, 0) is 4.74 Å². The summed E-state index contributed by atoms with van der Waals surface area (Å²) < 4.78 is 9.65. The van der Waals surface area contributed by atoms with Crippen LogP contribution in [0.5, 0.6) is 0 Å². The van der Waals surface area contributed by atoms with Crippen LogP contribution in [0.1, 0.15) is 19.3 Å². The van der Waals surface area contributed by atoms with E-state index in [1.807, 2.05) is 12.1 Å². The van der Waals surface area contributed by atoms with Crippen LogP contribution in [0.15, 0.2) is 29.1 Å². The quantitative estimate of drug-likeness (QED) is 0.572. The Morgan fingerprint density at radius 3 is 1.64 bits per heavy atom. The van der Waals surface area contributed by atoms with E-state index in [4.69, 9.17) is 4.74 Å². The summed E-state index contributed by atoms with van der Waals surface area (Å²) in [6.07, 6.45) is 7.18. The van der Waals surface area contributed by atoms with Gasteiger partial charge < -0.3 is 9.15 Å². The standard InChI is InChI=1S/C5H10O.C4H4O/c1-2-4-6-5-3-1;1-2-4-5-3-1/h1-5H2;1-4H. The van der Waals surface area contributed by atoms with Gasteiger partial charge in [-0.3, -0.25) is 0 Å². The summed E-state index contributed by atoms with van der Waals surface area (Å²) in [4.78, 5) is 0. The van der Waals surface area contributed by atoms with Crippen molar-refractivity contribution in [2.24, 2.45) is 0 Å². The molecule has 1 saturated heterocycles. The Balaban J connectivity index is 0.000000112. The average Bonchev–Trinajstić information content (AvgIpc) is 2.64. The molecule has 0 atom stereocenters. The third-order valence-corrected chi connectivity index (χ3v) is 1.50. The van der Waals surface area contributed by atoms with Crippen LogP contribution in [0.3, 0.4) is 0 Å². The van der Waals surface area contributed by atoms with Gasteiger partial charge in [0.1, 0.15) is 0 Å². The summed E-state index contributed by atoms with van der Waals surface area (Å²) in [5.74, 6) is 0. The van der Waals surface area contributed by atoms with Crippen molar-refractivity contribution < 1.29 is 9.15 Å². The van der Waals surface area contributed by atoms with Crippen LogP contribution in [0.25, 0.3) is 0 Å². The number of hydrogen-bond acceptors (Lipinski definition) is 2. The van der Waals surface area contributed by atoms with E-state index in [9.17, 15) is 0 Å². The number of hydrogen-bond donors (Lipinski definition) is 0. The topological polar surface area (TPSA) is 22.4 Å². The normalized spacial score (nSPS) is 16.7. The van der Waals surface area contributed by atoms with Crippen LogP contribution in [0.2, 0.25) is 0 Å². The molecule has 2 heteroatoms. The minimum Gasteiger partial charge on any atom is -0.473 e. The van der Waals surface area contributed by atoms with Gasteiger partial charge in [-0.05, 0) is 31.4 Å². The monoisotopic (exact) mass is 154 g/mol. The molecule has 0 spiro atoms. The molecule has 2 nitrogen and oxygen atoms in total. The lowest BCUT2D eigenvalue weighted by atomic mass is 10.2. The molecule has 1 aliphatic heterocycles. The fraction of sp³-hybridized carbons (Fsp3) is 0.556. The van der Waals surface area contributed by atoms with Gasteiger partial charge in [-0.15, -0.1) is 0 Å². The molecule has 11 heavy (non-hydrogen) atoms. The van der Waals surface area contributed by atoms with Crippen molar-refractivity contribution in [2.45, 2.75) is 19.3 Å². The molecule has 0 unspecified atom stereocenters. The molecule has 0 bridgehead atoms. The summed E-state index contributed by atoms with van der Waals surface area (Å²) in [7, 11) is 0. The second-order valence-electron chi connectivity index (χ2n) is 2.47. The molecule has 2 heterocycles. The fourth-order valence-corrected chi connectivity index (χ4v) is 0.914. The molecule has 0 saturated carbocycles. The maximum absolute atomic E-state index is 5.07. The molecule has 2 rings (SSSR count). The first-order valence-corrected chi connectivity index (χ1v) is 4.05. The fourth-order valence-electron chi connectivity index (χ4n) is 0.914. The Kier molecular flexibility index (Phi) is 4.54. The van der Waals surface area contributed by atoms with Crippen molar-refractivity contribution in [3.05, 3.63) is 24.7 Å². The third-order valence-electron chi connectivity index (χ3n) is 1.50. The predicted molar refractivity (Wildman–Crippen MR) is 43.4 cm³/mol. The summed E-state index contributed by atoms with van der Waals surface area (Å²) in [5, 5.41) is 0. The smallest absolute Gasteiger partial charge is 0.0902 e. The van der Waals surface area contributed by atoms with E-state index in [-0.39, 0.29) is 0 Å². The summed E-state index contributed by atoms with van der Waals surface area (Å²) >= 11 is 0. The van der Waals surface area contributed by atoms with Crippen molar-refractivity contribution in [1.29, 1.82) is 0 Å². The van der Waals surface area contributed by atoms with E-state index in [2.05, 4.69) is 4.42 Å². The lowest BCUT2D eigenvalue weighted by Crippen LogP contribution is -2.03. The minimum absolute atomic E-state index is 1.00. The number of rotatable bonds is 0. The Hall–Kier alpha value is -0.760. The Morgan fingerprint density at radius 2 is 1.45 bits per heavy atom. The highest BCUT2D eigenvalue weighted by Crippen LogP contribution is 2.02. The SMILES string of the molecule is C1CCOCC1.c1ccoc1. The van der Waals surface area contributed by atoms with E-state index in [0.29, 0.717) is 0 Å². The van der Waals surface area contributed by atoms with E-state index < -0.39 is 0 Å². The molecule has 62 valence electrons. The number of ether oxygens (including phenoxy) is 1. The van der Waals surface area contributed by atoms with Crippen LogP contribution in [-0.4, -0.2) is 13.2 Å². The highest BCUT2D eigenvalue weighted by Gasteiger charge is 1.94. The molecule has 0 radical (unpaired) electrons. The zero-order chi connectivity index (χ0) is 7.78. The van der Waals surface area contributed by atoms with Crippen molar-refractivity contribution in [3.8, 4) is 0 Å². The van der Waals surface area contributed by atoms with E-state index in [0.717, 1.165) is 13.2 Å². The summed E-state index contributed by atoms with van der Waals surface area (Å²) in [6, 6.07) is 3.67. The highest BCUT2D eigenvalue weighted by molar-refractivity contribution is 4.79. The minimum atomic E-state index is 1.00. The van der Waals surface area contributed by atoms with E-state index in [1.54, 1.807) is 12.5 Å². The summed E-state index contributed by atoms with van der Waals surface area (Å²) in [6.45, 7) is 2.00. The maximum Gasteiger partial charge on any atom is 0.0902 e. The van der Waals surface area contributed by atoms with Crippen molar-refractivity contribution in [1.82, 2.24) is 0 Å². The molecular weight excluding hydrogens is 140 g/mol. The Labute approximate surface area is 67.2 Å². The molecule has 0 N–H and O–H groups in total. The van der Waals surface area contributed by atoms with Crippen molar-refractivity contribution in [3.63, 3.8) is 0 Å². The van der Waals surface area contributed by atoms with Gasteiger partial charge in [0.15, 0.2) is 0 Å². The van der Waals surface area contributed by atoms with Gasteiger partial charge in [0.2, 0.25) is 0 Å². The first kappa shape index (κ1) is 8.34. The second kappa shape index (κ2) is 5.98. The maximum atomic E-state index is 5.07. The van der Waals surface area contributed by atoms with Crippen LogP contribution >= 0.6 is 0 Å². The van der Waals surface area contributed by atoms with Gasteiger partial charge >= 0.3 is 0 Å². The van der Waals surface area contributed by atoms with Gasteiger partial charge in [0.25, 0.3) is 0 Å². The van der Waals surface area contributed by atoms with Gasteiger partial charge in [-0.25, -0.2) is 0 Å². The zero-order valence-electron chi connectivity index (χ0n) is 6.66. The average molecular weight is 154 g/mol. The molecule has 0 aliphatic carbocycles. The van der Waals surface area contributed by atoms with Gasteiger partial charge in [-0.1, -0.05) is 0 Å². The number of furan rings is 1. The largest absolute Gasteiger partial charge is 0.473 e. The Morgan fingerprint density at radius 1 is 0.818 bits per heavy atom. The molecular formula is C9H14O2. The van der Waals surface area contributed by atoms with Crippen LogP contribution < -0.4 is 0 Å². The summed E-state index contributed by atoms with van der Waals surface area (Å²) in [5.41, 5.74) is 0. The van der Waals surface area contributed by atoms with Crippen molar-refractivity contribution in [2.75, 3.05) is 13.2 Å². The lowest BCUT2D eigenvalue weighted by molar-refractivity contribution is 0.0968. The second-order valence-corrected chi connectivity index (χ2v) is 2.47. The van der Waals surface area contributed by atoms with Gasteiger partial charge in [-0.2, -0.15) is 0 Å². The zero-order valence-corrected chi connectivity index (χ0v) is 6.66. The Bertz CT molecular complexity index is 114. The highest BCUT2D eigenvalue weighted by atomic mass is 16.5. The van der Waals surface area contributed by atoms with Crippen LogP contribution in [0, 0.1) is 0 Å². The first-order chi connectivity index (χ1) is 5.50. The molecule has 1 aromatic rings. The van der Waals surface area contributed by atoms with Crippen molar-refractivity contribution >= 4 is 0 Å². The molecule has 0 amide bonds. The molecule has 1 aliphatic rings. The van der Waals surface area contributed by atoms with Crippen LogP contribution in [0.4, 0.5) is 0 Å². The van der Waals surface area contributed by atoms with Gasteiger partial charge in [0.05, 0.1) is 12.5 Å². The van der Waals surface area contributed by atoms with E-state index >= 15 is 0 Å². The molecule has 0 aromatic carbocycles. The van der Waals surface area contributed by atoms with E-state index in [1.165, 1.54) is 19.3 Å². The first-order valence-electron chi connectivity index (χ1n) is 4.05. The third kappa shape index (κ3) is 4.62.